The maximum absolute atomic E-state index is 11.3. The zero-order valence-corrected chi connectivity index (χ0v) is 11.8. The molecule has 1 aromatic heterocycles. The third-order valence-corrected chi connectivity index (χ3v) is 4.24. The van der Waals surface area contributed by atoms with Crippen LogP contribution < -0.4 is 4.90 Å². The highest BCUT2D eigenvalue weighted by Gasteiger charge is 2.23. The van der Waals surface area contributed by atoms with Crippen molar-refractivity contribution in [3.8, 4) is 0 Å². The molecule has 1 saturated heterocycles. The number of ketones is 1. The number of hydrogen-bond donors (Lipinski definition) is 0. The highest BCUT2D eigenvalue weighted by atomic mass is 79.9. The topological polar surface area (TPSA) is 33.2 Å². The molecule has 17 heavy (non-hydrogen) atoms. The molecule has 1 aromatic rings. The summed E-state index contributed by atoms with van der Waals surface area (Å²) in [4.78, 5) is 18.1. The van der Waals surface area contributed by atoms with Gasteiger partial charge in [-0.05, 0) is 54.8 Å². The van der Waals surface area contributed by atoms with Crippen molar-refractivity contribution in [3.05, 3.63) is 22.3 Å². The van der Waals surface area contributed by atoms with Crippen LogP contribution in [0.4, 0.5) is 5.82 Å². The summed E-state index contributed by atoms with van der Waals surface area (Å²) < 4.78 is 1.04. The van der Waals surface area contributed by atoms with Crippen molar-refractivity contribution in [1.29, 1.82) is 0 Å². The smallest absolute Gasteiger partial charge is 0.133 e. The van der Waals surface area contributed by atoms with Crippen molar-refractivity contribution >= 4 is 27.5 Å². The van der Waals surface area contributed by atoms with Crippen LogP contribution in [0.5, 0.6) is 0 Å². The minimum absolute atomic E-state index is 0.253. The van der Waals surface area contributed by atoms with E-state index in [2.05, 4.69) is 25.8 Å². The minimum Gasteiger partial charge on any atom is -0.357 e. The summed E-state index contributed by atoms with van der Waals surface area (Å²) >= 11 is 3.46. The summed E-state index contributed by atoms with van der Waals surface area (Å²) in [6, 6.07) is 4.07. The van der Waals surface area contributed by atoms with Gasteiger partial charge < -0.3 is 4.90 Å². The van der Waals surface area contributed by atoms with Crippen LogP contribution in [0.15, 0.2) is 16.6 Å². The standard InChI is InChI=1S/C13H17BrN2O/c1-9-12(14)3-4-13(15-9)16-7-5-11(6-8-16)10(2)17/h3-4,11H,5-8H2,1-2H3. The zero-order chi connectivity index (χ0) is 12.4. The quantitative estimate of drug-likeness (QED) is 0.841. The van der Waals surface area contributed by atoms with Crippen molar-refractivity contribution < 1.29 is 4.79 Å². The van der Waals surface area contributed by atoms with Gasteiger partial charge >= 0.3 is 0 Å². The monoisotopic (exact) mass is 296 g/mol. The lowest BCUT2D eigenvalue weighted by atomic mass is 9.93. The molecule has 0 saturated carbocycles. The molecule has 0 aromatic carbocycles. The lowest BCUT2D eigenvalue weighted by Gasteiger charge is -2.31. The molecular formula is C13H17BrN2O. The van der Waals surface area contributed by atoms with Crippen LogP contribution in [0.2, 0.25) is 0 Å². The number of pyridine rings is 1. The number of nitrogens with zero attached hydrogens (tertiary/aromatic N) is 2. The zero-order valence-electron chi connectivity index (χ0n) is 10.2. The molecule has 2 rings (SSSR count). The van der Waals surface area contributed by atoms with Crippen molar-refractivity contribution in [1.82, 2.24) is 4.98 Å². The summed E-state index contributed by atoms with van der Waals surface area (Å²) in [5, 5.41) is 0. The summed E-state index contributed by atoms with van der Waals surface area (Å²) in [5.41, 5.74) is 1.01. The molecule has 0 N–H and O–H groups in total. The number of hydrogen-bond acceptors (Lipinski definition) is 3. The van der Waals surface area contributed by atoms with E-state index in [9.17, 15) is 4.79 Å². The Labute approximate surface area is 110 Å². The van der Waals surface area contributed by atoms with E-state index in [1.54, 1.807) is 6.92 Å². The lowest BCUT2D eigenvalue weighted by Crippen LogP contribution is -2.36. The van der Waals surface area contributed by atoms with Crippen LogP contribution in [-0.2, 0) is 4.79 Å². The molecule has 3 nitrogen and oxygen atoms in total. The molecule has 1 aliphatic rings. The van der Waals surface area contributed by atoms with E-state index < -0.39 is 0 Å². The molecule has 4 heteroatoms. The Morgan fingerprint density at radius 3 is 2.59 bits per heavy atom. The largest absolute Gasteiger partial charge is 0.357 e. The van der Waals surface area contributed by atoms with Gasteiger partial charge in [0.25, 0.3) is 0 Å². The van der Waals surface area contributed by atoms with Crippen molar-refractivity contribution in [2.45, 2.75) is 26.7 Å². The summed E-state index contributed by atoms with van der Waals surface area (Å²) in [6.45, 7) is 5.55. The number of aryl methyl sites for hydroxylation is 1. The number of piperidine rings is 1. The molecule has 0 amide bonds. The molecule has 0 spiro atoms. The maximum Gasteiger partial charge on any atom is 0.133 e. The van der Waals surface area contributed by atoms with Crippen LogP contribution in [0, 0.1) is 12.8 Å². The van der Waals surface area contributed by atoms with Crippen molar-refractivity contribution in [3.63, 3.8) is 0 Å². The molecule has 92 valence electrons. The van der Waals surface area contributed by atoms with E-state index in [-0.39, 0.29) is 5.92 Å². The van der Waals surface area contributed by atoms with Crippen molar-refractivity contribution in [2.24, 2.45) is 5.92 Å². The summed E-state index contributed by atoms with van der Waals surface area (Å²) in [7, 11) is 0. The molecule has 0 bridgehead atoms. The fourth-order valence-corrected chi connectivity index (χ4v) is 2.44. The van der Waals surface area contributed by atoms with Crippen LogP contribution in [0.1, 0.15) is 25.5 Å². The summed E-state index contributed by atoms with van der Waals surface area (Å²) in [5.74, 6) is 1.60. The molecule has 0 atom stereocenters. The Balaban J connectivity index is 2.05. The minimum atomic E-state index is 0.253. The van der Waals surface area contributed by atoms with Gasteiger partial charge in [-0.25, -0.2) is 4.98 Å². The highest BCUT2D eigenvalue weighted by molar-refractivity contribution is 9.10. The molecule has 0 unspecified atom stereocenters. The average molecular weight is 297 g/mol. The van der Waals surface area contributed by atoms with Crippen LogP contribution >= 0.6 is 15.9 Å². The fourth-order valence-electron chi connectivity index (χ4n) is 2.22. The van der Waals surface area contributed by atoms with Gasteiger partial charge in [-0.2, -0.15) is 0 Å². The number of rotatable bonds is 2. The Kier molecular flexibility index (Phi) is 3.82. The first-order chi connectivity index (χ1) is 8.08. The van der Waals surface area contributed by atoms with Gasteiger partial charge in [0.2, 0.25) is 0 Å². The first kappa shape index (κ1) is 12.6. The van der Waals surface area contributed by atoms with E-state index in [1.807, 2.05) is 19.1 Å². The van der Waals surface area contributed by atoms with Gasteiger partial charge in [0, 0.05) is 23.5 Å². The van der Waals surface area contributed by atoms with Crippen molar-refractivity contribution in [2.75, 3.05) is 18.0 Å². The third-order valence-electron chi connectivity index (χ3n) is 3.40. The second-order valence-electron chi connectivity index (χ2n) is 4.61. The molecular weight excluding hydrogens is 280 g/mol. The fraction of sp³-hybridized carbons (Fsp3) is 0.538. The van der Waals surface area contributed by atoms with Crippen LogP contribution in [-0.4, -0.2) is 23.9 Å². The number of carbonyl (C=O) groups excluding carboxylic acids is 1. The molecule has 1 fully saturated rings. The van der Waals surface area contributed by atoms with E-state index in [0.29, 0.717) is 5.78 Å². The Hall–Kier alpha value is -0.900. The molecule has 1 aliphatic heterocycles. The van der Waals surface area contributed by atoms with Gasteiger partial charge in [0.15, 0.2) is 0 Å². The predicted molar refractivity (Wildman–Crippen MR) is 72.3 cm³/mol. The van der Waals surface area contributed by atoms with E-state index >= 15 is 0 Å². The Morgan fingerprint density at radius 1 is 1.41 bits per heavy atom. The maximum atomic E-state index is 11.3. The second-order valence-corrected chi connectivity index (χ2v) is 5.46. The lowest BCUT2D eigenvalue weighted by molar-refractivity contribution is -0.121. The third kappa shape index (κ3) is 2.86. The van der Waals surface area contributed by atoms with Crippen LogP contribution in [0.25, 0.3) is 0 Å². The van der Waals surface area contributed by atoms with Gasteiger partial charge in [-0.1, -0.05) is 0 Å². The van der Waals surface area contributed by atoms with Gasteiger partial charge in [-0.3, -0.25) is 4.79 Å². The van der Waals surface area contributed by atoms with Gasteiger partial charge in [0.05, 0.1) is 5.69 Å². The van der Waals surface area contributed by atoms with Gasteiger partial charge in [-0.15, -0.1) is 0 Å². The van der Waals surface area contributed by atoms with E-state index in [0.717, 1.165) is 41.9 Å². The number of carbonyl (C=O) groups is 1. The predicted octanol–water partition coefficient (Wildman–Crippen LogP) is 2.96. The number of Topliss-reactive ketones (excluding diaryl/α,β-unsaturated/α-hetero) is 1. The molecule has 0 aliphatic carbocycles. The first-order valence-corrected chi connectivity index (χ1v) is 6.76. The normalized spacial score (nSPS) is 17.2. The number of anilines is 1. The molecule has 2 heterocycles. The second kappa shape index (κ2) is 5.17. The Bertz CT molecular complexity index is 425. The van der Waals surface area contributed by atoms with E-state index in [4.69, 9.17) is 0 Å². The molecule has 0 radical (unpaired) electrons. The van der Waals surface area contributed by atoms with E-state index in [1.165, 1.54) is 0 Å². The Morgan fingerprint density at radius 2 is 2.06 bits per heavy atom. The first-order valence-electron chi connectivity index (χ1n) is 5.96. The van der Waals surface area contributed by atoms with Gasteiger partial charge in [0.1, 0.15) is 11.6 Å². The SMILES string of the molecule is CC(=O)C1CCN(c2ccc(Br)c(C)n2)CC1. The number of halogens is 1. The van der Waals surface area contributed by atoms with Crippen LogP contribution in [0.3, 0.4) is 0 Å². The average Bonchev–Trinajstić information content (AvgIpc) is 2.33. The number of aromatic nitrogens is 1. The highest BCUT2D eigenvalue weighted by Crippen LogP contribution is 2.24. The summed E-state index contributed by atoms with van der Waals surface area (Å²) in [6.07, 6.45) is 1.90.